The van der Waals surface area contributed by atoms with Gasteiger partial charge in [0.15, 0.2) is 5.82 Å². The summed E-state index contributed by atoms with van der Waals surface area (Å²) in [4.78, 5) is 24.7. The predicted molar refractivity (Wildman–Crippen MR) is 113 cm³/mol. The van der Waals surface area contributed by atoms with Crippen LogP contribution in [0.2, 0.25) is 0 Å². The number of nitrogens with one attached hydrogen (secondary N) is 2. The first-order valence-corrected chi connectivity index (χ1v) is 10.2. The van der Waals surface area contributed by atoms with Crippen LogP contribution in [0.4, 0.5) is 11.5 Å². The Morgan fingerprint density at radius 2 is 1.93 bits per heavy atom. The number of hydrogen-bond donors (Lipinski definition) is 2. The molecule has 2 heterocycles. The molecule has 0 spiro atoms. The number of amides is 2. The van der Waals surface area contributed by atoms with E-state index in [4.69, 9.17) is 4.52 Å². The summed E-state index contributed by atoms with van der Waals surface area (Å²) >= 11 is 1.24. The number of para-hydroxylation sites is 2. The minimum Gasteiger partial charge on any atom is -0.360 e. The van der Waals surface area contributed by atoms with Crippen LogP contribution in [0.1, 0.15) is 24.1 Å². The van der Waals surface area contributed by atoms with Gasteiger partial charge in [0.25, 0.3) is 0 Å². The van der Waals surface area contributed by atoms with Crippen LogP contribution < -0.4 is 10.6 Å². The van der Waals surface area contributed by atoms with E-state index in [1.54, 1.807) is 24.6 Å². The van der Waals surface area contributed by atoms with E-state index in [2.05, 4.69) is 20.9 Å². The van der Waals surface area contributed by atoms with Crippen molar-refractivity contribution in [1.82, 2.24) is 14.9 Å². The monoisotopic (exact) mass is 413 g/mol. The van der Waals surface area contributed by atoms with Gasteiger partial charge in [-0.1, -0.05) is 17.3 Å². The molecule has 3 rings (SSSR count). The predicted octanol–water partition coefficient (Wildman–Crippen LogP) is 3.48. The van der Waals surface area contributed by atoms with Gasteiger partial charge in [0.05, 0.1) is 28.1 Å². The summed E-state index contributed by atoms with van der Waals surface area (Å²) in [5.74, 6) is 0.683. The molecule has 9 heteroatoms. The highest BCUT2D eigenvalue weighted by atomic mass is 32.2. The van der Waals surface area contributed by atoms with Crippen LogP contribution in [0.5, 0.6) is 0 Å². The summed E-state index contributed by atoms with van der Waals surface area (Å²) in [5, 5.41) is 13.4. The fourth-order valence-electron chi connectivity index (χ4n) is 2.75. The van der Waals surface area contributed by atoms with Crippen LogP contribution in [0, 0.1) is 20.8 Å². The third-order valence-electron chi connectivity index (χ3n) is 4.13. The van der Waals surface area contributed by atoms with Crippen molar-refractivity contribution in [2.45, 2.75) is 32.9 Å². The maximum absolute atomic E-state index is 12.5. The summed E-state index contributed by atoms with van der Waals surface area (Å²) in [6.07, 6.45) is 0. The van der Waals surface area contributed by atoms with Crippen molar-refractivity contribution in [2.24, 2.45) is 0 Å². The maximum Gasteiger partial charge on any atom is 0.238 e. The molecule has 0 saturated heterocycles. The van der Waals surface area contributed by atoms with E-state index in [1.165, 1.54) is 11.8 Å². The highest BCUT2D eigenvalue weighted by Gasteiger charge is 2.18. The molecule has 2 N–H and O–H groups in total. The van der Waals surface area contributed by atoms with Gasteiger partial charge in [-0.2, -0.15) is 5.10 Å². The molecule has 0 saturated carbocycles. The molecule has 3 aromatic rings. The Morgan fingerprint density at radius 3 is 2.59 bits per heavy atom. The average molecular weight is 414 g/mol. The zero-order valence-corrected chi connectivity index (χ0v) is 17.5. The Labute approximate surface area is 173 Å². The van der Waals surface area contributed by atoms with Gasteiger partial charge in [0, 0.05) is 11.8 Å². The highest BCUT2D eigenvalue weighted by Crippen LogP contribution is 2.22. The number of carbonyl (C=O) groups excluding carboxylic acids is 2. The molecule has 0 aliphatic heterocycles. The van der Waals surface area contributed by atoms with Gasteiger partial charge < -0.3 is 15.2 Å². The number of carbonyl (C=O) groups is 2. The number of hydrogen-bond acceptors (Lipinski definition) is 6. The third kappa shape index (κ3) is 5.26. The Balaban J connectivity index is 1.58. The van der Waals surface area contributed by atoms with Gasteiger partial charge in [-0.3, -0.25) is 9.59 Å². The number of nitrogens with zero attached hydrogens (tertiary/aromatic N) is 3. The van der Waals surface area contributed by atoms with Crippen molar-refractivity contribution < 1.29 is 14.1 Å². The zero-order valence-electron chi connectivity index (χ0n) is 16.7. The van der Waals surface area contributed by atoms with Gasteiger partial charge in [0.1, 0.15) is 5.76 Å². The first kappa shape index (κ1) is 20.7. The summed E-state index contributed by atoms with van der Waals surface area (Å²) in [6.45, 7) is 7.37. The third-order valence-corrected chi connectivity index (χ3v) is 5.27. The van der Waals surface area contributed by atoms with Crippen LogP contribution in [0.3, 0.4) is 0 Å². The molecule has 29 heavy (non-hydrogen) atoms. The molecule has 8 nitrogen and oxygen atoms in total. The lowest BCUT2D eigenvalue weighted by Crippen LogP contribution is -2.25. The smallest absolute Gasteiger partial charge is 0.238 e. The second-order valence-corrected chi connectivity index (χ2v) is 8.00. The Hall–Kier alpha value is -3.07. The molecule has 0 radical (unpaired) electrons. The molecule has 1 unspecified atom stereocenters. The fourth-order valence-corrected chi connectivity index (χ4v) is 3.44. The SMILES string of the molecule is Cc1cc(C)n(-c2ccccc2NC(=O)CSC(C)C(=O)Nc2cc(C)on2)n1. The normalized spacial score (nSPS) is 11.9. The summed E-state index contributed by atoms with van der Waals surface area (Å²) in [6, 6.07) is 11.1. The van der Waals surface area contributed by atoms with Crippen LogP contribution in [-0.2, 0) is 9.59 Å². The lowest BCUT2D eigenvalue weighted by Gasteiger charge is -2.13. The molecular weight excluding hydrogens is 390 g/mol. The largest absolute Gasteiger partial charge is 0.360 e. The van der Waals surface area contributed by atoms with Crippen LogP contribution in [0.15, 0.2) is 40.9 Å². The van der Waals surface area contributed by atoms with E-state index in [0.29, 0.717) is 17.3 Å². The molecule has 0 aliphatic rings. The first-order valence-electron chi connectivity index (χ1n) is 9.12. The quantitative estimate of drug-likeness (QED) is 0.615. The van der Waals surface area contributed by atoms with Gasteiger partial charge in [0.2, 0.25) is 11.8 Å². The van der Waals surface area contributed by atoms with E-state index >= 15 is 0 Å². The van der Waals surface area contributed by atoms with Gasteiger partial charge in [-0.15, -0.1) is 11.8 Å². The second kappa shape index (κ2) is 8.95. The lowest BCUT2D eigenvalue weighted by atomic mass is 10.2. The molecule has 1 aromatic carbocycles. The fraction of sp³-hybridized carbons (Fsp3) is 0.300. The van der Waals surface area contributed by atoms with Crippen LogP contribution in [-0.4, -0.2) is 37.8 Å². The highest BCUT2D eigenvalue weighted by molar-refractivity contribution is 8.01. The van der Waals surface area contributed by atoms with Crippen molar-refractivity contribution in [2.75, 3.05) is 16.4 Å². The van der Waals surface area contributed by atoms with E-state index in [9.17, 15) is 9.59 Å². The van der Waals surface area contributed by atoms with Gasteiger partial charge >= 0.3 is 0 Å². The summed E-state index contributed by atoms with van der Waals surface area (Å²) < 4.78 is 6.72. The summed E-state index contributed by atoms with van der Waals surface area (Å²) in [5.41, 5.74) is 3.34. The number of aromatic nitrogens is 3. The average Bonchev–Trinajstić information content (AvgIpc) is 3.24. The van der Waals surface area contributed by atoms with Gasteiger partial charge in [-0.25, -0.2) is 4.68 Å². The molecular formula is C20H23N5O3S. The minimum absolute atomic E-state index is 0.137. The number of rotatable bonds is 7. The molecule has 2 amide bonds. The van der Waals surface area contributed by atoms with Crippen molar-refractivity contribution >= 4 is 35.1 Å². The van der Waals surface area contributed by atoms with Crippen LogP contribution in [0.25, 0.3) is 5.69 Å². The standard InChI is InChI=1S/C20H23N5O3S/c1-12-9-13(2)25(23-12)17-8-6-5-7-16(17)21-19(26)11-29-15(4)20(27)22-18-10-14(3)28-24-18/h5-10,15H,11H2,1-4H3,(H,21,26)(H,22,24,27). The van der Waals surface area contributed by atoms with E-state index in [-0.39, 0.29) is 17.6 Å². The molecule has 0 bridgehead atoms. The maximum atomic E-state index is 12.5. The van der Waals surface area contributed by atoms with Crippen molar-refractivity contribution in [3.8, 4) is 5.69 Å². The number of benzene rings is 1. The van der Waals surface area contributed by atoms with Crippen LogP contribution >= 0.6 is 11.8 Å². The van der Waals surface area contributed by atoms with E-state index in [0.717, 1.165) is 17.1 Å². The van der Waals surface area contributed by atoms with Gasteiger partial charge in [-0.05, 0) is 45.9 Å². The van der Waals surface area contributed by atoms with Crippen molar-refractivity contribution in [1.29, 1.82) is 0 Å². The number of aryl methyl sites for hydroxylation is 3. The zero-order chi connectivity index (χ0) is 21.0. The molecule has 2 aromatic heterocycles. The molecule has 0 fully saturated rings. The number of anilines is 2. The van der Waals surface area contributed by atoms with E-state index < -0.39 is 5.25 Å². The van der Waals surface area contributed by atoms with Crippen molar-refractivity contribution in [3.05, 3.63) is 53.5 Å². The second-order valence-electron chi connectivity index (χ2n) is 6.67. The minimum atomic E-state index is -0.427. The Kier molecular flexibility index (Phi) is 6.38. The topological polar surface area (TPSA) is 102 Å². The molecule has 152 valence electrons. The summed E-state index contributed by atoms with van der Waals surface area (Å²) in [7, 11) is 0. The van der Waals surface area contributed by atoms with E-state index in [1.807, 2.05) is 44.2 Å². The Morgan fingerprint density at radius 1 is 1.17 bits per heavy atom. The molecule has 1 atom stereocenters. The number of thioether (sulfide) groups is 1. The lowest BCUT2D eigenvalue weighted by molar-refractivity contribution is -0.115. The first-order chi connectivity index (χ1) is 13.8. The van der Waals surface area contributed by atoms with Crippen molar-refractivity contribution in [3.63, 3.8) is 0 Å². The Bertz CT molecular complexity index is 1030. The molecule has 0 aliphatic carbocycles.